The van der Waals surface area contributed by atoms with E-state index in [0.717, 1.165) is 11.5 Å². The Hall–Kier alpha value is -1.39. The monoisotopic (exact) mass is 304 g/mol. The number of methoxy groups -OCH3 is 1. The van der Waals surface area contributed by atoms with Crippen LogP contribution < -0.4 is 9.16 Å². The average molecular weight is 304 g/mol. The van der Waals surface area contributed by atoms with Crippen LogP contribution in [0.4, 0.5) is 0 Å². The molecule has 2 aromatic rings. The van der Waals surface area contributed by atoms with E-state index in [0.29, 0.717) is 0 Å². The first-order chi connectivity index (χ1) is 9.46. The van der Waals surface area contributed by atoms with E-state index in [2.05, 4.69) is 43.9 Å². The summed E-state index contributed by atoms with van der Waals surface area (Å²) in [5, 5.41) is 0. The third-order valence-electron chi connectivity index (χ3n) is 2.54. The molecule has 0 fully saturated rings. The molecule has 0 aliphatic carbocycles. The first kappa shape index (κ1) is 15.0. The number of hydrogen-bond acceptors (Lipinski definition) is 3. The van der Waals surface area contributed by atoms with E-state index in [9.17, 15) is 0 Å². The molecule has 106 valence electrons. The zero-order valence-electron chi connectivity index (χ0n) is 12.3. The van der Waals surface area contributed by atoms with Crippen LogP contribution in [0.15, 0.2) is 58.3 Å². The minimum absolute atomic E-state index is 0.883. The summed E-state index contributed by atoms with van der Waals surface area (Å²) < 4.78 is 11.1. The van der Waals surface area contributed by atoms with Crippen LogP contribution in [0.3, 0.4) is 0 Å². The molecule has 0 radical (unpaired) electrons. The lowest BCUT2D eigenvalue weighted by Crippen LogP contribution is -2.29. The van der Waals surface area contributed by atoms with Crippen molar-refractivity contribution in [2.75, 3.05) is 7.11 Å². The van der Waals surface area contributed by atoms with Gasteiger partial charge in [-0.05, 0) is 68.2 Å². The van der Waals surface area contributed by atoms with Crippen molar-refractivity contribution in [3.8, 4) is 11.5 Å². The maximum atomic E-state index is 5.95. The first-order valence-corrected chi connectivity index (χ1v) is 10.8. The summed E-state index contributed by atoms with van der Waals surface area (Å²) in [5.74, 6) is 1.84. The van der Waals surface area contributed by atoms with Gasteiger partial charge in [0.2, 0.25) is 8.32 Å². The van der Waals surface area contributed by atoms with E-state index in [1.807, 2.05) is 24.3 Å². The van der Waals surface area contributed by atoms with Crippen LogP contribution >= 0.6 is 11.8 Å². The fraction of sp³-hybridized carbons (Fsp3) is 0.250. The standard InChI is InChI=1S/C16H20O2SSi/c1-17-13-5-9-15(10-6-13)19-16-11-7-14(8-12-16)18-20(2,3)4/h5-12H,1-4H3. The lowest BCUT2D eigenvalue weighted by Gasteiger charge is -2.19. The van der Waals surface area contributed by atoms with Crippen molar-refractivity contribution >= 4 is 20.1 Å². The van der Waals surface area contributed by atoms with Crippen molar-refractivity contribution in [2.24, 2.45) is 0 Å². The van der Waals surface area contributed by atoms with Gasteiger partial charge in [0.15, 0.2) is 0 Å². The van der Waals surface area contributed by atoms with Gasteiger partial charge in [-0.15, -0.1) is 0 Å². The molecule has 0 heterocycles. The zero-order valence-corrected chi connectivity index (χ0v) is 14.2. The van der Waals surface area contributed by atoms with Gasteiger partial charge in [0, 0.05) is 9.79 Å². The molecule has 4 heteroatoms. The van der Waals surface area contributed by atoms with Crippen LogP contribution in [0.5, 0.6) is 11.5 Å². The molecule has 2 aromatic carbocycles. The van der Waals surface area contributed by atoms with Gasteiger partial charge in [0.05, 0.1) is 7.11 Å². The molecular formula is C16H20O2SSi. The second-order valence-corrected chi connectivity index (χ2v) is 11.0. The predicted octanol–water partition coefficient (Wildman–Crippen LogP) is 5.06. The van der Waals surface area contributed by atoms with Gasteiger partial charge in [-0.3, -0.25) is 0 Å². The molecule has 0 atom stereocenters. The molecule has 2 nitrogen and oxygen atoms in total. The molecule has 0 amide bonds. The smallest absolute Gasteiger partial charge is 0.242 e. The third kappa shape index (κ3) is 4.61. The molecule has 0 N–H and O–H groups in total. The van der Waals surface area contributed by atoms with Gasteiger partial charge in [-0.2, -0.15) is 0 Å². The Kier molecular flexibility index (Phi) is 4.78. The molecule has 20 heavy (non-hydrogen) atoms. The Balaban J connectivity index is 2.02. The molecule has 0 aromatic heterocycles. The van der Waals surface area contributed by atoms with Gasteiger partial charge in [0.1, 0.15) is 11.5 Å². The van der Waals surface area contributed by atoms with E-state index in [1.165, 1.54) is 9.79 Å². The molecule has 0 aliphatic heterocycles. The maximum absolute atomic E-state index is 5.95. The summed E-state index contributed by atoms with van der Waals surface area (Å²) in [6.07, 6.45) is 0. The molecule has 0 saturated carbocycles. The fourth-order valence-corrected chi connectivity index (χ4v) is 3.37. The van der Waals surface area contributed by atoms with Crippen LogP contribution in [-0.2, 0) is 0 Å². The second kappa shape index (κ2) is 6.37. The highest BCUT2D eigenvalue weighted by Gasteiger charge is 2.15. The highest BCUT2D eigenvalue weighted by atomic mass is 32.2. The van der Waals surface area contributed by atoms with Crippen molar-refractivity contribution in [2.45, 2.75) is 29.4 Å². The highest BCUT2D eigenvalue weighted by molar-refractivity contribution is 7.99. The van der Waals surface area contributed by atoms with Crippen LogP contribution in [0.1, 0.15) is 0 Å². The minimum atomic E-state index is -1.52. The molecule has 0 bridgehead atoms. The summed E-state index contributed by atoms with van der Waals surface area (Å²) in [6.45, 7) is 6.56. The van der Waals surface area contributed by atoms with Crippen molar-refractivity contribution in [3.05, 3.63) is 48.5 Å². The fourth-order valence-electron chi connectivity index (χ4n) is 1.71. The van der Waals surface area contributed by atoms with Crippen LogP contribution in [0.25, 0.3) is 0 Å². The SMILES string of the molecule is COc1ccc(Sc2ccc(O[Si](C)(C)C)cc2)cc1. The molecule has 0 unspecified atom stereocenters. The highest BCUT2D eigenvalue weighted by Crippen LogP contribution is 2.30. The van der Waals surface area contributed by atoms with Gasteiger partial charge in [-0.1, -0.05) is 11.8 Å². The lowest BCUT2D eigenvalue weighted by molar-refractivity contribution is 0.414. The van der Waals surface area contributed by atoms with E-state index < -0.39 is 8.32 Å². The molecule has 0 saturated heterocycles. The van der Waals surface area contributed by atoms with Crippen LogP contribution in [-0.4, -0.2) is 15.4 Å². The van der Waals surface area contributed by atoms with Gasteiger partial charge in [-0.25, -0.2) is 0 Å². The average Bonchev–Trinajstić information content (AvgIpc) is 2.40. The number of rotatable bonds is 5. The minimum Gasteiger partial charge on any atom is -0.544 e. The van der Waals surface area contributed by atoms with E-state index in [1.54, 1.807) is 18.9 Å². The summed E-state index contributed by atoms with van der Waals surface area (Å²) >= 11 is 1.73. The molecule has 0 aliphatic rings. The van der Waals surface area contributed by atoms with Gasteiger partial charge >= 0.3 is 0 Å². The topological polar surface area (TPSA) is 18.5 Å². The van der Waals surface area contributed by atoms with Crippen molar-refractivity contribution in [1.29, 1.82) is 0 Å². The Labute approximate surface area is 126 Å². The largest absolute Gasteiger partial charge is 0.544 e. The predicted molar refractivity (Wildman–Crippen MR) is 87.5 cm³/mol. The van der Waals surface area contributed by atoms with Crippen LogP contribution in [0, 0.1) is 0 Å². The number of benzene rings is 2. The summed E-state index contributed by atoms with van der Waals surface area (Å²) in [5.41, 5.74) is 0. The summed E-state index contributed by atoms with van der Waals surface area (Å²) in [4.78, 5) is 2.41. The first-order valence-electron chi connectivity index (χ1n) is 6.57. The van der Waals surface area contributed by atoms with E-state index in [-0.39, 0.29) is 0 Å². The van der Waals surface area contributed by atoms with Crippen molar-refractivity contribution < 1.29 is 9.16 Å². The Morgan fingerprint density at radius 1 is 0.750 bits per heavy atom. The quantitative estimate of drug-likeness (QED) is 0.719. The van der Waals surface area contributed by atoms with Crippen LogP contribution in [0.2, 0.25) is 19.6 Å². The Morgan fingerprint density at radius 3 is 1.60 bits per heavy atom. The van der Waals surface area contributed by atoms with E-state index >= 15 is 0 Å². The summed E-state index contributed by atoms with van der Waals surface area (Å²) in [6, 6.07) is 16.4. The van der Waals surface area contributed by atoms with Gasteiger partial charge < -0.3 is 9.16 Å². The zero-order chi connectivity index (χ0) is 14.6. The Morgan fingerprint density at radius 2 is 1.20 bits per heavy atom. The van der Waals surface area contributed by atoms with Crippen molar-refractivity contribution in [3.63, 3.8) is 0 Å². The number of hydrogen-bond donors (Lipinski definition) is 0. The molecule has 0 spiro atoms. The molecule has 2 rings (SSSR count). The third-order valence-corrected chi connectivity index (χ3v) is 4.41. The second-order valence-electron chi connectivity index (χ2n) is 5.46. The maximum Gasteiger partial charge on any atom is 0.242 e. The number of ether oxygens (including phenoxy) is 1. The summed E-state index contributed by atoms with van der Waals surface area (Å²) in [7, 11) is 0.159. The van der Waals surface area contributed by atoms with E-state index in [4.69, 9.17) is 9.16 Å². The van der Waals surface area contributed by atoms with Crippen molar-refractivity contribution in [1.82, 2.24) is 0 Å². The lowest BCUT2D eigenvalue weighted by atomic mass is 10.3. The Bertz CT molecular complexity index is 544. The molecular weight excluding hydrogens is 284 g/mol. The van der Waals surface area contributed by atoms with Gasteiger partial charge in [0.25, 0.3) is 0 Å². The normalized spacial score (nSPS) is 11.2.